The quantitative estimate of drug-likeness (QED) is 0.734. The van der Waals surface area contributed by atoms with Crippen molar-refractivity contribution in [2.75, 3.05) is 11.5 Å². The summed E-state index contributed by atoms with van der Waals surface area (Å²) in [5.74, 6) is 3.93. The predicted octanol–water partition coefficient (Wildman–Crippen LogP) is 2.11. The average Bonchev–Trinajstić information content (AvgIpc) is 2.75. The predicted molar refractivity (Wildman–Crippen MR) is 51.3 cm³/mol. The third-order valence-corrected chi connectivity index (χ3v) is 4.57. The van der Waals surface area contributed by atoms with E-state index in [9.17, 15) is 0 Å². The maximum atomic E-state index is 5.45. The number of hydrogen-bond acceptors (Lipinski definition) is 5. The Balaban J connectivity index is 2.11. The molecule has 0 bridgehead atoms. The second kappa shape index (κ2) is 3.70. The molecule has 1 fully saturated rings. The van der Waals surface area contributed by atoms with Crippen molar-refractivity contribution in [1.82, 2.24) is 10.2 Å². The normalized spacial score (nSPS) is 18.8. The van der Waals surface area contributed by atoms with Gasteiger partial charge in [0.15, 0.2) is 0 Å². The SMILES string of the molecule is CCc1nnc(C2SCCS2)o1. The maximum Gasteiger partial charge on any atom is 0.239 e. The van der Waals surface area contributed by atoms with Crippen molar-refractivity contribution in [2.45, 2.75) is 17.9 Å². The molecule has 3 nitrogen and oxygen atoms in total. The van der Waals surface area contributed by atoms with Crippen LogP contribution in [-0.4, -0.2) is 21.7 Å². The first-order valence-corrected chi connectivity index (χ1v) is 6.05. The fourth-order valence-electron chi connectivity index (χ4n) is 1.01. The molecule has 66 valence electrons. The zero-order valence-electron chi connectivity index (χ0n) is 6.82. The first-order valence-electron chi connectivity index (χ1n) is 3.95. The standard InChI is InChI=1S/C7H10N2OS2/c1-2-5-8-9-6(10-5)7-11-3-4-12-7/h7H,2-4H2,1H3. The first kappa shape index (κ1) is 8.44. The zero-order chi connectivity index (χ0) is 8.39. The minimum absolute atomic E-state index is 0.387. The van der Waals surface area contributed by atoms with E-state index in [2.05, 4.69) is 10.2 Å². The molecule has 0 aromatic carbocycles. The molecule has 0 aliphatic carbocycles. The average molecular weight is 202 g/mol. The third kappa shape index (κ3) is 1.61. The summed E-state index contributed by atoms with van der Waals surface area (Å²) < 4.78 is 5.84. The molecule has 0 N–H and O–H groups in total. The van der Waals surface area contributed by atoms with Crippen LogP contribution >= 0.6 is 23.5 Å². The lowest BCUT2D eigenvalue weighted by Gasteiger charge is -1.98. The fraction of sp³-hybridized carbons (Fsp3) is 0.714. The summed E-state index contributed by atoms with van der Waals surface area (Å²) >= 11 is 3.77. The van der Waals surface area contributed by atoms with Gasteiger partial charge in [-0.05, 0) is 0 Å². The zero-order valence-corrected chi connectivity index (χ0v) is 8.45. The lowest BCUT2D eigenvalue weighted by molar-refractivity contribution is 0.468. The largest absolute Gasteiger partial charge is 0.423 e. The van der Waals surface area contributed by atoms with Crippen molar-refractivity contribution in [3.63, 3.8) is 0 Å². The Bertz CT molecular complexity index is 258. The van der Waals surface area contributed by atoms with Gasteiger partial charge < -0.3 is 4.42 Å². The monoisotopic (exact) mass is 202 g/mol. The van der Waals surface area contributed by atoms with Crippen molar-refractivity contribution >= 4 is 23.5 Å². The Hall–Kier alpha value is -0.160. The Kier molecular flexibility index (Phi) is 2.60. The van der Waals surface area contributed by atoms with Crippen molar-refractivity contribution in [3.8, 4) is 0 Å². The van der Waals surface area contributed by atoms with Crippen LogP contribution in [0.3, 0.4) is 0 Å². The van der Waals surface area contributed by atoms with Gasteiger partial charge in [-0.1, -0.05) is 6.92 Å². The van der Waals surface area contributed by atoms with Crippen LogP contribution in [-0.2, 0) is 6.42 Å². The van der Waals surface area contributed by atoms with Crippen LogP contribution in [0.4, 0.5) is 0 Å². The van der Waals surface area contributed by atoms with Crippen LogP contribution in [0.2, 0.25) is 0 Å². The number of aromatic nitrogens is 2. The first-order chi connectivity index (χ1) is 5.90. The van der Waals surface area contributed by atoms with Crippen LogP contribution < -0.4 is 0 Å². The molecule has 5 heteroatoms. The molecule has 2 rings (SSSR count). The van der Waals surface area contributed by atoms with Crippen LogP contribution in [0.5, 0.6) is 0 Å². The topological polar surface area (TPSA) is 38.9 Å². The van der Waals surface area contributed by atoms with Gasteiger partial charge in [0.2, 0.25) is 11.8 Å². The van der Waals surface area contributed by atoms with Crippen LogP contribution in [0.1, 0.15) is 23.3 Å². The van der Waals surface area contributed by atoms with E-state index in [0.717, 1.165) is 18.2 Å². The van der Waals surface area contributed by atoms with E-state index in [4.69, 9.17) is 4.42 Å². The van der Waals surface area contributed by atoms with Gasteiger partial charge in [0.25, 0.3) is 0 Å². The van der Waals surface area contributed by atoms with Gasteiger partial charge in [0.1, 0.15) is 4.58 Å². The van der Waals surface area contributed by atoms with Gasteiger partial charge in [0.05, 0.1) is 0 Å². The summed E-state index contributed by atoms with van der Waals surface area (Å²) in [4.78, 5) is 0. The molecule has 0 amide bonds. The van der Waals surface area contributed by atoms with Crippen molar-refractivity contribution < 1.29 is 4.42 Å². The molecule has 0 unspecified atom stereocenters. The number of aryl methyl sites for hydroxylation is 1. The van der Waals surface area contributed by atoms with Gasteiger partial charge in [0, 0.05) is 17.9 Å². The van der Waals surface area contributed by atoms with E-state index in [1.54, 1.807) is 0 Å². The summed E-state index contributed by atoms with van der Waals surface area (Å²) in [5.41, 5.74) is 0. The second-order valence-electron chi connectivity index (χ2n) is 2.46. The van der Waals surface area contributed by atoms with E-state index < -0.39 is 0 Å². The minimum Gasteiger partial charge on any atom is -0.423 e. The molecule has 12 heavy (non-hydrogen) atoms. The lowest BCUT2D eigenvalue weighted by atomic mass is 10.5. The summed E-state index contributed by atoms with van der Waals surface area (Å²) in [5, 5.41) is 7.95. The molecule has 1 aromatic heterocycles. The van der Waals surface area contributed by atoms with Crippen LogP contribution in [0, 0.1) is 0 Å². The summed E-state index contributed by atoms with van der Waals surface area (Å²) in [6.07, 6.45) is 0.828. The van der Waals surface area contributed by atoms with Crippen molar-refractivity contribution in [3.05, 3.63) is 11.8 Å². The summed E-state index contributed by atoms with van der Waals surface area (Å²) in [7, 11) is 0. The number of nitrogens with zero attached hydrogens (tertiary/aromatic N) is 2. The molecule has 0 spiro atoms. The van der Waals surface area contributed by atoms with Crippen molar-refractivity contribution in [2.24, 2.45) is 0 Å². The van der Waals surface area contributed by atoms with E-state index in [-0.39, 0.29) is 0 Å². The second-order valence-corrected chi connectivity index (χ2v) is 5.19. The van der Waals surface area contributed by atoms with Crippen LogP contribution in [0.15, 0.2) is 4.42 Å². The molecule has 1 aromatic rings. The highest BCUT2D eigenvalue weighted by atomic mass is 32.2. The molecular weight excluding hydrogens is 192 g/mol. The highest BCUT2D eigenvalue weighted by molar-refractivity contribution is 8.19. The van der Waals surface area contributed by atoms with Gasteiger partial charge in [-0.2, -0.15) is 0 Å². The molecule has 1 aliphatic heterocycles. The molecular formula is C7H10N2OS2. The maximum absolute atomic E-state index is 5.45. The smallest absolute Gasteiger partial charge is 0.239 e. The highest BCUT2D eigenvalue weighted by Gasteiger charge is 2.23. The lowest BCUT2D eigenvalue weighted by Crippen LogP contribution is -1.83. The molecule has 0 atom stereocenters. The molecule has 2 heterocycles. The van der Waals surface area contributed by atoms with Gasteiger partial charge >= 0.3 is 0 Å². The van der Waals surface area contributed by atoms with Crippen LogP contribution in [0.25, 0.3) is 0 Å². The summed E-state index contributed by atoms with van der Waals surface area (Å²) in [6, 6.07) is 0. The third-order valence-electron chi connectivity index (χ3n) is 1.61. The van der Waals surface area contributed by atoms with E-state index in [1.807, 2.05) is 30.4 Å². The molecule has 0 saturated carbocycles. The highest BCUT2D eigenvalue weighted by Crippen LogP contribution is 2.44. The molecule has 1 saturated heterocycles. The van der Waals surface area contributed by atoms with E-state index in [0.29, 0.717) is 4.58 Å². The Morgan fingerprint density at radius 3 is 2.75 bits per heavy atom. The summed E-state index contributed by atoms with van der Waals surface area (Å²) in [6.45, 7) is 2.02. The Morgan fingerprint density at radius 1 is 1.42 bits per heavy atom. The van der Waals surface area contributed by atoms with E-state index >= 15 is 0 Å². The fourth-order valence-corrected chi connectivity index (χ4v) is 3.64. The molecule has 0 radical (unpaired) electrons. The van der Waals surface area contributed by atoms with E-state index in [1.165, 1.54) is 11.5 Å². The number of hydrogen-bond donors (Lipinski definition) is 0. The minimum atomic E-state index is 0.387. The Labute approximate surface area is 79.7 Å². The van der Waals surface area contributed by atoms with Gasteiger partial charge in [-0.15, -0.1) is 33.7 Å². The van der Waals surface area contributed by atoms with Crippen molar-refractivity contribution in [1.29, 1.82) is 0 Å². The number of rotatable bonds is 2. The Morgan fingerprint density at radius 2 is 2.17 bits per heavy atom. The number of thioether (sulfide) groups is 2. The molecule has 1 aliphatic rings. The van der Waals surface area contributed by atoms with Gasteiger partial charge in [-0.3, -0.25) is 0 Å². The van der Waals surface area contributed by atoms with Gasteiger partial charge in [-0.25, -0.2) is 0 Å².